The highest BCUT2D eigenvalue weighted by molar-refractivity contribution is 14.0. The predicted molar refractivity (Wildman–Crippen MR) is 126 cm³/mol. The van der Waals surface area contributed by atoms with Gasteiger partial charge in [0.15, 0.2) is 5.96 Å². The van der Waals surface area contributed by atoms with Crippen LogP contribution in [0, 0.1) is 0 Å². The van der Waals surface area contributed by atoms with Gasteiger partial charge in [-0.1, -0.05) is 30.3 Å². The first-order chi connectivity index (χ1) is 13.8. The summed E-state index contributed by atoms with van der Waals surface area (Å²) in [6.45, 7) is 4.06. The molecule has 29 heavy (non-hydrogen) atoms. The van der Waals surface area contributed by atoms with E-state index in [1.165, 1.54) is 0 Å². The van der Waals surface area contributed by atoms with Gasteiger partial charge in [0, 0.05) is 51.2 Å². The minimum absolute atomic E-state index is 0. The minimum atomic E-state index is 0. The number of piperazine rings is 1. The van der Waals surface area contributed by atoms with Gasteiger partial charge >= 0.3 is 0 Å². The van der Waals surface area contributed by atoms with Crippen molar-refractivity contribution in [3.8, 4) is 11.3 Å². The molecule has 8 heteroatoms. The first-order valence-electron chi connectivity index (χ1n) is 9.45. The molecule has 0 aliphatic carbocycles. The molecule has 7 nitrogen and oxygen atoms in total. The van der Waals surface area contributed by atoms with Crippen molar-refractivity contribution in [1.29, 1.82) is 0 Å². The molecule has 1 N–H and O–H groups in total. The van der Waals surface area contributed by atoms with Crippen molar-refractivity contribution >= 4 is 35.9 Å². The molecule has 1 aromatic carbocycles. The molecule has 1 fully saturated rings. The Morgan fingerprint density at radius 2 is 1.72 bits per heavy atom. The zero-order valence-electron chi connectivity index (χ0n) is 16.4. The van der Waals surface area contributed by atoms with Crippen LogP contribution in [0.4, 0.5) is 5.95 Å². The third kappa shape index (κ3) is 5.26. The summed E-state index contributed by atoms with van der Waals surface area (Å²) in [6, 6.07) is 16.0. The number of aromatic nitrogens is 2. The molecule has 0 unspecified atom stereocenters. The fraction of sp³-hybridized carbons (Fsp3) is 0.286. The molecule has 1 saturated heterocycles. The van der Waals surface area contributed by atoms with Gasteiger partial charge in [0.25, 0.3) is 0 Å². The summed E-state index contributed by atoms with van der Waals surface area (Å²) in [5.74, 6) is 3.43. The van der Waals surface area contributed by atoms with E-state index in [2.05, 4.69) is 30.1 Å². The highest BCUT2D eigenvalue weighted by Crippen LogP contribution is 2.21. The molecule has 0 spiro atoms. The summed E-state index contributed by atoms with van der Waals surface area (Å²) in [6.07, 6.45) is 3.56. The van der Waals surface area contributed by atoms with Gasteiger partial charge in [0.2, 0.25) is 5.95 Å². The Hall–Kier alpha value is -2.62. The van der Waals surface area contributed by atoms with Crippen LogP contribution in [0.2, 0.25) is 0 Å². The van der Waals surface area contributed by atoms with Crippen molar-refractivity contribution in [2.24, 2.45) is 4.99 Å². The number of guanidine groups is 1. The summed E-state index contributed by atoms with van der Waals surface area (Å²) in [4.78, 5) is 17.5. The Kier molecular flexibility index (Phi) is 7.45. The van der Waals surface area contributed by atoms with Gasteiger partial charge in [-0.3, -0.25) is 4.99 Å². The first-order valence-corrected chi connectivity index (χ1v) is 9.45. The highest BCUT2D eigenvalue weighted by Gasteiger charge is 2.21. The van der Waals surface area contributed by atoms with Crippen LogP contribution in [0.5, 0.6) is 0 Å². The van der Waals surface area contributed by atoms with Crippen molar-refractivity contribution in [3.05, 3.63) is 66.7 Å². The van der Waals surface area contributed by atoms with Crippen LogP contribution in [0.3, 0.4) is 0 Å². The van der Waals surface area contributed by atoms with E-state index in [-0.39, 0.29) is 24.0 Å². The SMILES string of the molecule is CN=C(NCc1ccc(-c2ccccc2)o1)N1CCN(c2ncccn2)CC1.I. The van der Waals surface area contributed by atoms with Crippen LogP contribution in [0.15, 0.2) is 70.3 Å². The van der Waals surface area contributed by atoms with Gasteiger partial charge in [0.1, 0.15) is 11.5 Å². The Bertz CT molecular complexity index is 907. The maximum Gasteiger partial charge on any atom is 0.225 e. The summed E-state index contributed by atoms with van der Waals surface area (Å²) < 4.78 is 5.97. The molecule has 1 aliphatic rings. The molecule has 0 amide bonds. The molecule has 3 heterocycles. The topological polar surface area (TPSA) is 69.8 Å². The smallest absolute Gasteiger partial charge is 0.225 e. The molecule has 2 aromatic heterocycles. The lowest BCUT2D eigenvalue weighted by Gasteiger charge is -2.36. The van der Waals surface area contributed by atoms with E-state index in [0.29, 0.717) is 6.54 Å². The van der Waals surface area contributed by atoms with Crippen LogP contribution >= 0.6 is 24.0 Å². The van der Waals surface area contributed by atoms with Crippen LogP contribution < -0.4 is 10.2 Å². The van der Waals surface area contributed by atoms with E-state index in [1.807, 2.05) is 55.6 Å². The Labute approximate surface area is 187 Å². The first kappa shape index (κ1) is 21.1. The number of furan rings is 1. The lowest BCUT2D eigenvalue weighted by atomic mass is 10.2. The number of hydrogen-bond acceptors (Lipinski definition) is 5. The second-order valence-corrected chi connectivity index (χ2v) is 6.56. The van der Waals surface area contributed by atoms with Crippen molar-refractivity contribution in [2.45, 2.75) is 6.54 Å². The van der Waals surface area contributed by atoms with Gasteiger partial charge < -0.3 is 19.5 Å². The van der Waals surface area contributed by atoms with Gasteiger partial charge in [-0.05, 0) is 18.2 Å². The molecular formula is C21H25IN6O. The Morgan fingerprint density at radius 3 is 2.41 bits per heavy atom. The number of rotatable bonds is 4. The van der Waals surface area contributed by atoms with Crippen molar-refractivity contribution in [1.82, 2.24) is 20.2 Å². The van der Waals surface area contributed by atoms with E-state index in [1.54, 1.807) is 12.4 Å². The summed E-state index contributed by atoms with van der Waals surface area (Å²) in [7, 11) is 1.81. The van der Waals surface area contributed by atoms with Crippen molar-refractivity contribution < 1.29 is 4.42 Å². The Balaban J connectivity index is 0.00000240. The summed E-state index contributed by atoms with van der Waals surface area (Å²) >= 11 is 0. The number of benzene rings is 1. The molecule has 3 aromatic rings. The van der Waals surface area contributed by atoms with E-state index >= 15 is 0 Å². The standard InChI is InChI=1S/C21H24N6O.HI/c1-22-20(26-12-14-27(15-13-26)21-23-10-5-11-24-21)25-16-18-8-9-19(28-18)17-6-3-2-4-7-17;/h2-11H,12-16H2,1H3,(H,22,25);1H. The number of anilines is 1. The van der Waals surface area contributed by atoms with Crippen molar-refractivity contribution in [2.75, 3.05) is 38.1 Å². The molecule has 0 bridgehead atoms. The van der Waals surface area contributed by atoms with E-state index < -0.39 is 0 Å². The fourth-order valence-electron chi connectivity index (χ4n) is 3.30. The van der Waals surface area contributed by atoms with E-state index in [9.17, 15) is 0 Å². The summed E-state index contributed by atoms with van der Waals surface area (Å²) in [5, 5.41) is 3.41. The lowest BCUT2D eigenvalue weighted by molar-refractivity contribution is 0.367. The van der Waals surface area contributed by atoms with E-state index in [0.717, 1.165) is 55.2 Å². The molecule has 1 aliphatic heterocycles. The average molecular weight is 504 g/mol. The molecule has 0 radical (unpaired) electrons. The lowest BCUT2D eigenvalue weighted by Crippen LogP contribution is -2.52. The molecule has 0 saturated carbocycles. The maximum atomic E-state index is 5.97. The summed E-state index contributed by atoms with van der Waals surface area (Å²) in [5.41, 5.74) is 1.08. The number of aliphatic imine (C=N–C) groups is 1. The van der Waals surface area contributed by atoms with Gasteiger partial charge in [-0.2, -0.15) is 0 Å². The maximum absolute atomic E-state index is 5.97. The monoisotopic (exact) mass is 504 g/mol. The zero-order chi connectivity index (χ0) is 19.2. The number of nitrogens with zero attached hydrogens (tertiary/aromatic N) is 5. The fourth-order valence-corrected chi connectivity index (χ4v) is 3.30. The second kappa shape index (κ2) is 10.2. The Morgan fingerprint density at radius 1 is 1.00 bits per heavy atom. The van der Waals surface area contributed by atoms with Crippen LogP contribution in [0.1, 0.15) is 5.76 Å². The number of halogens is 1. The van der Waals surface area contributed by atoms with Gasteiger partial charge in [0.05, 0.1) is 6.54 Å². The second-order valence-electron chi connectivity index (χ2n) is 6.56. The van der Waals surface area contributed by atoms with Gasteiger partial charge in [-0.25, -0.2) is 9.97 Å². The van der Waals surface area contributed by atoms with Crippen LogP contribution in [-0.2, 0) is 6.54 Å². The molecule has 0 atom stereocenters. The third-order valence-corrected chi connectivity index (χ3v) is 4.77. The zero-order valence-corrected chi connectivity index (χ0v) is 18.7. The van der Waals surface area contributed by atoms with Crippen molar-refractivity contribution in [3.63, 3.8) is 0 Å². The van der Waals surface area contributed by atoms with Crippen LogP contribution in [-0.4, -0.2) is 54.1 Å². The molecule has 152 valence electrons. The van der Waals surface area contributed by atoms with Gasteiger partial charge in [-0.15, -0.1) is 24.0 Å². The van der Waals surface area contributed by atoms with Crippen LogP contribution in [0.25, 0.3) is 11.3 Å². The number of hydrogen-bond donors (Lipinski definition) is 1. The predicted octanol–water partition coefficient (Wildman–Crippen LogP) is 3.25. The largest absolute Gasteiger partial charge is 0.459 e. The average Bonchev–Trinajstić information content (AvgIpc) is 3.25. The number of nitrogens with one attached hydrogen (secondary N) is 1. The minimum Gasteiger partial charge on any atom is -0.459 e. The third-order valence-electron chi connectivity index (χ3n) is 4.77. The highest BCUT2D eigenvalue weighted by atomic mass is 127. The normalized spacial score (nSPS) is 14.4. The molecular weight excluding hydrogens is 479 g/mol. The quantitative estimate of drug-likeness (QED) is 0.334. The molecule has 4 rings (SSSR count). The van der Waals surface area contributed by atoms with E-state index in [4.69, 9.17) is 4.42 Å².